The molecule has 0 bridgehead atoms. The number of thiophene rings is 1. The lowest BCUT2D eigenvalue weighted by Crippen LogP contribution is -2.06. The first kappa shape index (κ1) is 8.73. The van der Waals surface area contributed by atoms with Crippen molar-refractivity contribution in [1.29, 1.82) is 0 Å². The molecule has 0 amide bonds. The molecule has 1 fully saturated rings. The van der Waals surface area contributed by atoms with Gasteiger partial charge < -0.3 is 5.73 Å². The molecule has 0 spiro atoms. The number of halogens is 1. The highest BCUT2D eigenvalue weighted by atomic mass is 79.9. The van der Waals surface area contributed by atoms with Gasteiger partial charge in [-0.05, 0) is 27.4 Å². The Labute approximate surface area is 85.1 Å². The molecular formula is C9H12BrNS. The summed E-state index contributed by atoms with van der Waals surface area (Å²) in [5.41, 5.74) is 6.29. The standard InChI is InChI=1S/C9H12BrNS/c1-9(2)7(8(9)11)6-3-5(10)4-12-6/h3-4,7-8H,11H2,1-2H3. The average Bonchev–Trinajstić information content (AvgIpc) is 2.38. The molecule has 0 aliphatic heterocycles. The minimum Gasteiger partial charge on any atom is -0.327 e. The third-order valence-corrected chi connectivity index (χ3v) is 4.58. The fraction of sp³-hybridized carbons (Fsp3) is 0.556. The molecule has 1 aliphatic carbocycles. The number of hydrogen-bond donors (Lipinski definition) is 1. The molecule has 1 nitrogen and oxygen atoms in total. The maximum absolute atomic E-state index is 5.98. The van der Waals surface area contributed by atoms with E-state index < -0.39 is 0 Å². The van der Waals surface area contributed by atoms with E-state index in [4.69, 9.17) is 5.73 Å². The Morgan fingerprint density at radius 3 is 2.50 bits per heavy atom. The van der Waals surface area contributed by atoms with Gasteiger partial charge in [-0.2, -0.15) is 0 Å². The Kier molecular flexibility index (Phi) is 1.86. The van der Waals surface area contributed by atoms with Gasteiger partial charge in [-0.1, -0.05) is 13.8 Å². The lowest BCUT2D eigenvalue weighted by molar-refractivity contribution is 0.601. The van der Waals surface area contributed by atoms with Crippen LogP contribution in [-0.2, 0) is 0 Å². The summed E-state index contributed by atoms with van der Waals surface area (Å²) < 4.78 is 1.18. The fourth-order valence-corrected chi connectivity index (χ4v) is 3.50. The van der Waals surface area contributed by atoms with Crippen molar-refractivity contribution in [1.82, 2.24) is 0 Å². The summed E-state index contributed by atoms with van der Waals surface area (Å²) in [6.07, 6.45) is 0. The van der Waals surface area contributed by atoms with Crippen LogP contribution in [0.5, 0.6) is 0 Å². The minimum absolute atomic E-state index is 0.310. The smallest absolute Gasteiger partial charge is 0.0285 e. The molecule has 1 aromatic rings. The van der Waals surface area contributed by atoms with Gasteiger partial charge in [-0.25, -0.2) is 0 Å². The molecule has 2 rings (SSSR count). The average molecular weight is 246 g/mol. The first-order valence-electron chi connectivity index (χ1n) is 4.03. The monoisotopic (exact) mass is 245 g/mol. The maximum Gasteiger partial charge on any atom is 0.0285 e. The van der Waals surface area contributed by atoms with Crippen molar-refractivity contribution in [3.05, 3.63) is 20.8 Å². The van der Waals surface area contributed by atoms with E-state index in [2.05, 4.69) is 41.2 Å². The molecule has 0 saturated heterocycles. The molecule has 3 heteroatoms. The van der Waals surface area contributed by atoms with Crippen molar-refractivity contribution in [3.8, 4) is 0 Å². The third-order valence-electron chi connectivity index (χ3n) is 2.80. The maximum atomic E-state index is 5.98. The lowest BCUT2D eigenvalue weighted by Gasteiger charge is -1.97. The quantitative estimate of drug-likeness (QED) is 0.810. The second-order valence-corrected chi connectivity index (χ2v) is 5.85. The zero-order valence-corrected chi connectivity index (χ0v) is 9.58. The first-order chi connectivity index (χ1) is 5.53. The molecule has 1 saturated carbocycles. The van der Waals surface area contributed by atoms with E-state index in [0.717, 1.165) is 0 Å². The lowest BCUT2D eigenvalue weighted by atomic mass is 10.1. The van der Waals surface area contributed by atoms with E-state index >= 15 is 0 Å². The van der Waals surface area contributed by atoms with Gasteiger partial charge >= 0.3 is 0 Å². The van der Waals surface area contributed by atoms with Gasteiger partial charge in [-0.15, -0.1) is 11.3 Å². The predicted octanol–water partition coefficient (Wildman–Crippen LogP) is 2.96. The van der Waals surface area contributed by atoms with Crippen LogP contribution in [0, 0.1) is 5.41 Å². The zero-order valence-electron chi connectivity index (χ0n) is 7.17. The zero-order chi connectivity index (χ0) is 8.93. The Morgan fingerprint density at radius 1 is 1.58 bits per heavy atom. The van der Waals surface area contributed by atoms with Gasteiger partial charge in [0.1, 0.15) is 0 Å². The van der Waals surface area contributed by atoms with Crippen molar-refractivity contribution in [3.63, 3.8) is 0 Å². The molecule has 1 heterocycles. The summed E-state index contributed by atoms with van der Waals surface area (Å²) in [5.74, 6) is 0.578. The summed E-state index contributed by atoms with van der Waals surface area (Å²) in [6, 6.07) is 2.53. The van der Waals surface area contributed by atoms with Crippen molar-refractivity contribution in [2.75, 3.05) is 0 Å². The molecule has 12 heavy (non-hydrogen) atoms. The summed E-state index contributed by atoms with van der Waals surface area (Å²) in [7, 11) is 0. The van der Waals surface area contributed by atoms with Crippen LogP contribution < -0.4 is 5.73 Å². The van der Waals surface area contributed by atoms with Crippen LogP contribution in [0.3, 0.4) is 0 Å². The molecule has 1 aromatic heterocycles. The van der Waals surface area contributed by atoms with E-state index in [1.165, 1.54) is 9.35 Å². The van der Waals surface area contributed by atoms with E-state index in [1.54, 1.807) is 11.3 Å². The van der Waals surface area contributed by atoms with Crippen molar-refractivity contribution in [2.45, 2.75) is 25.8 Å². The van der Waals surface area contributed by atoms with Crippen molar-refractivity contribution < 1.29 is 0 Å². The van der Waals surface area contributed by atoms with Gasteiger partial charge in [0, 0.05) is 26.7 Å². The van der Waals surface area contributed by atoms with Gasteiger partial charge in [-0.3, -0.25) is 0 Å². The number of nitrogens with two attached hydrogens (primary N) is 1. The molecule has 2 unspecified atom stereocenters. The fourth-order valence-electron chi connectivity index (χ4n) is 1.71. The van der Waals surface area contributed by atoms with Gasteiger partial charge in [0.05, 0.1) is 0 Å². The van der Waals surface area contributed by atoms with E-state index in [1.807, 2.05) is 0 Å². The van der Waals surface area contributed by atoms with Crippen LogP contribution in [-0.4, -0.2) is 6.04 Å². The highest BCUT2D eigenvalue weighted by Crippen LogP contribution is 2.58. The van der Waals surface area contributed by atoms with E-state index in [-0.39, 0.29) is 0 Å². The molecule has 66 valence electrons. The van der Waals surface area contributed by atoms with Crippen LogP contribution in [0.15, 0.2) is 15.9 Å². The van der Waals surface area contributed by atoms with Crippen molar-refractivity contribution in [2.24, 2.45) is 11.1 Å². The molecule has 0 aromatic carbocycles. The molecule has 0 radical (unpaired) electrons. The van der Waals surface area contributed by atoms with Gasteiger partial charge in [0.25, 0.3) is 0 Å². The van der Waals surface area contributed by atoms with Gasteiger partial charge in [0.15, 0.2) is 0 Å². The summed E-state index contributed by atoms with van der Waals surface area (Å²) in [6.45, 7) is 4.46. The SMILES string of the molecule is CC1(C)C(N)C1c1cc(Br)cs1. The molecule has 2 N–H and O–H groups in total. The highest BCUT2D eigenvalue weighted by Gasteiger charge is 2.56. The third kappa shape index (κ3) is 1.15. The van der Waals surface area contributed by atoms with Crippen LogP contribution >= 0.6 is 27.3 Å². The van der Waals surface area contributed by atoms with Crippen LogP contribution in [0.1, 0.15) is 24.6 Å². The van der Waals surface area contributed by atoms with Crippen LogP contribution in [0.4, 0.5) is 0 Å². The number of rotatable bonds is 1. The topological polar surface area (TPSA) is 26.0 Å². The minimum atomic E-state index is 0.310. The normalized spacial score (nSPS) is 32.0. The molecular weight excluding hydrogens is 234 g/mol. The first-order valence-corrected chi connectivity index (χ1v) is 5.70. The second kappa shape index (κ2) is 2.56. The Morgan fingerprint density at radius 2 is 2.17 bits per heavy atom. The number of hydrogen-bond acceptors (Lipinski definition) is 2. The Balaban J connectivity index is 2.24. The molecule has 2 atom stereocenters. The largest absolute Gasteiger partial charge is 0.327 e. The highest BCUT2D eigenvalue weighted by molar-refractivity contribution is 9.10. The van der Waals surface area contributed by atoms with E-state index in [0.29, 0.717) is 17.4 Å². The Bertz CT molecular complexity index is 305. The molecule has 1 aliphatic rings. The van der Waals surface area contributed by atoms with Crippen LogP contribution in [0.2, 0.25) is 0 Å². The summed E-state index contributed by atoms with van der Waals surface area (Å²) >= 11 is 5.25. The van der Waals surface area contributed by atoms with Crippen LogP contribution in [0.25, 0.3) is 0 Å². The second-order valence-electron chi connectivity index (χ2n) is 3.99. The van der Waals surface area contributed by atoms with Gasteiger partial charge in [0.2, 0.25) is 0 Å². The van der Waals surface area contributed by atoms with Crippen molar-refractivity contribution >= 4 is 27.3 Å². The predicted molar refractivity (Wildman–Crippen MR) is 56.5 cm³/mol. The van der Waals surface area contributed by atoms with E-state index in [9.17, 15) is 0 Å². The Hall–Kier alpha value is 0.140. The summed E-state index contributed by atoms with van der Waals surface area (Å²) in [4.78, 5) is 1.42. The summed E-state index contributed by atoms with van der Waals surface area (Å²) in [5, 5.41) is 2.12.